The zero-order valence-corrected chi connectivity index (χ0v) is 17.0. The highest BCUT2D eigenvalue weighted by atomic mass is 16.5. The maximum absolute atomic E-state index is 12.3. The number of carbonyl (C=O) groups excluding carboxylic acids is 1. The van der Waals surface area contributed by atoms with Gasteiger partial charge < -0.3 is 14.2 Å². The van der Waals surface area contributed by atoms with E-state index in [-0.39, 0.29) is 5.91 Å². The molecule has 3 aromatic rings. The van der Waals surface area contributed by atoms with Gasteiger partial charge in [0, 0.05) is 11.1 Å². The summed E-state index contributed by atoms with van der Waals surface area (Å²) in [6, 6.07) is 22.2. The third kappa shape index (κ3) is 5.85. The highest BCUT2D eigenvalue weighted by Crippen LogP contribution is 2.22. The van der Waals surface area contributed by atoms with Gasteiger partial charge in [-0.1, -0.05) is 30.3 Å². The number of hydrogen-bond donors (Lipinski definition) is 1. The number of hydrazone groups is 1. The number of ether oxygens (including phenoxy) is 3. The summed E-state index contributed by atoms with van der Waals surface area (Å²) in [6.45, 7) is 2.90. The Morgan fingerprint density at radius 1 is 0.967 bits per heavy atom. The molecule has 154 valence electrons. The first-order chi connectivity index (χ1) is 14.7. The molecule has 0 aliphatic carbocycles. The highest BCUT2D eigenvalue weighted by Gasteiger charge is 2.06. The first-order valence-corrected chi connectivity index (χ1v) is 9.60. The van der Waals surface area contributed by atoms with E-state index in [0.717, 1.165) is 5.56 Å². The van der Waals surface area contributed by atoms with Gasteiger partial charge in [0.1, 0.15) is 23.9 Å². The lowest BCUT2D eigenvalue weighted by molar-refractivity contribution is 0.0955. The summed E-state index contributed by atoms with van der Waals surface area (Å²) in [5.74, 6) is 1.71. The van der Waals surface area contributed by atoms with Crippen LogP contribution in [0.25, 0.3) is 0 Å². The second kappa shape index (κ2) is 10.7. The van der Waals surface area contributed by atoms with Crippen LogP contribution in [0.4, 0.5) is 0 Å². The minimum absolute atomic E-state index is 0.318. The fourth-order valence-electron chi connectivity index (χ4n) is 2.71. The first-order valence-electron chi connectivity index (χ1n) is 9.60. The van der Waals surface area contributed by atoms with Crippen molar-refractivity contribution in [2.75, 3.05) is 13.7 Å². The molecule has 0 aliphatic rings. The van der Waals surface area contributed by atoms with Crippen molar-refractivity contribution in [3.63, 3.8) is 0 Å². The number of benzene rings is 3. The molecule has 1 amide bonds. The van der Waals surface area contributed by atoms with Crippen LogP contribution in [0.1, 0.15) is 28.4 Å². The Morgan fingerprint density at radius 3 is 2.40 bits per heavy atom. The smallest absolute Gasteiger partial charge is 0.271 e. The summed E-state index contributed by atoms with van der Waals surface area (Å²) in [7, 11) is 1.59. The molecule has 0 unspecified atom stereocenters. The van der Waals surface area contributed by atoms with Gasteiger partial charge in [-0.05, 0) is 55.0 Å². The van der Waals surface area contributed by atoms with Crippen molar-refractivity contribution in [1.82, 2.24) is 5.43 Å². The van der Waals surface area contributed by atoms with Crippen LogP contribution in [0.15, 0.2) is 77.9 Å². The van der Waals surface area contributed by atoms with Crippen LogP contribution in [0, 0.1) is 0 Å². The van der Waals surface area contributed by atoms with Crippen LogP contribution in [0.5, 0.6) is 17.2 Å². The van der Waals surface area contributed by atoms with Gasteiger partial charge in [0.25, 0.3) is 5.91 Å². The summed E-state index contributed by atoms with van der Waals surface area (Å²) < 4.78 is 16.5. The van der Waals surface area contributed by atoms with Crippen LogP contribution >= 0.6 is 0 Å². The molecule has 0 saturated heterocycles. The van der Waals surface area contributed by atoms with E-state index < -0.39 is 0 Å². The van der Waals surface area contributed by atoms with Crippen molar-refractivity contribution in [2.45, 2.75) is 13.5 Å². The minimum atomic E-state index is -0.318. The van der Waals surface area contributed by atoms with Crippen LogP contribution in [0.3, 0.4) is 0 Å². The molecule has 3 rings (SSSR count). The molecule has 6 heteroatoms. The summed E-state index contributed by atoms with van der Waals surface area (Å²) in [5.41, 5.74) is 4.80. The molecule has 0 heterocycles. The monoisotopic (exact) mass is 404 g/mol. The molecule has 0 aliphatic heterocycles. The molecular formula is C24H24N2O4. The van der Waals surface area contributed by atoms with Crippen LogP contribution in [0.2, 0.25) is 0 Å². The molecule has 6 nitrogen and oxygen atoms in total. The molecule has 0 bridgehead atoms. The molecule has 0 atom stereocenters. The lowest BCUT2D eigenvalue weighted by atomic mass is 10.2. The van der Waals surface area contributed by atoms with E-state index in [1.54, 1.807) is 43.5 Å². The molecule has 0 saturated carbocycles. The Balaban J connectivity index is 1.58. The minimum Gasteiger partial charge on any atom is -0.497 e. The van der Waals surface area contributed by atoms with E-state index in [1.165, 1.54) is 6.21 Å². The van der Waals surface area contributed by atoms with Gasteiger partial charge in [-0.25, -0.2) is 5.43 Å². The van der Waals surface area contributed by atoms with Crippen LogP contribution < -0.4 is 19.6 Å². The Kier molecular flexibility index (Phi) is 7.44. The molecule has 3 aromatic carbocycles. The summed E-state index contributed by atoms with van der Waals surface area (Å²) in [5, 5.41) is 4.04. The maximum atomic E-state index is 12.3. The topological polar surface area (TPSA) is 69.2 Å². The number of methoxy groups -OCH3 is 1. The zero-order valence-electron chi connectivity index (χ0n) is 17.0. The number of carbonyl (C=O) groups is 1. The van der Waals surface area contributed by atoms with Crippen molar-refractivity contribution in [2.24, 2.45) is 5.10 Å². The third-order valence-corrected chi connectivity index (χ3v) is 4.25. The van der Waals surface area contributed by atoms with Gasteiger partial charge in [-0.15, -0.1) is 0 Å². The average Bonchev–Trinajstić information content (AvgIpc) is 2.79. The SMILES string of the molecule is CCOc1ccc(OC)cc1/C=N\NC(=O)c1ccc(OCc2ccccc2)cc1. The molecule has 0 spiro atoms. The van der Waals surface area contributed by atoms with E-state index in [1.807, 2.05) is 43.3 Å². The van der Waals surface area contributed by atoms with Gasteiger partial charge in [0.2, 0.25) is 0 Å². The summed E-state index contributed by atoms with van der Waals surface area (Å²) >= 11 is 0. The van der Waals surface area contributed by atoms with Crippen molar-refractivity contribution < 1.29 is 19.0 Å². The zero-order chi connectivity index (χ0) is 21.2. The largest absolute Gasteiger partial charge is 0.497 e. The van der Waals surface area contributed by atoms with Crippen molar-refractivity contribution >= 4 is 12.1 Å². The number of hydrogen-bond acceptors (Lipinski definition) is 5. The molecule has 0 radical (unpaired) electrons. The Labute approximate surface area is 176 Å². The predicted molar refractivity (Wildman–Crippen MR) is 116 cm³/mol. The highest BCUT2D eigenvalue weighted by molar-refractivity contribution is 5.95. The first kappa shape index (κ1) is 20.9. The van der Waals surface area contributed by atoms with Gasteiger partial charge in [0.15, 0.2) is 0 Å². The van der Waals surface area contributed by atoms with E-state index in [2.05, 4.69) is 10.5 Å². The molecule has 30 heavy (non-hydrogen) atoms. The van der Waals surface area contributed by atoms with Crippen molar-refractivity contribution in [1.29, 1.82) is 0 Å². The second-order valence-electron chi connectivity index (χ2n) is 6.33. The van der Waals surface area contributed by atoms with Crippen LogP contribution in [-0.2, 0) is 6.61 Å². The van der Waals surface area contributed by atoms with E-state index >= 15 is 0 Å². The maximum Gasteiger partial charge on any atom is 0.271 e. The van der Waals surface area contributed by atoms with E-state index in [0.29, 0.717) is 41.6 Å². The lowest BCUT2D eigenvalue weighted by Gasteiger charge is -2.09. The normalized spacial score (nSPS) is 10.6. The molecule has 1 N–H and O–H groups in total. The quantitative estimate of drug-likeness (QED) is 0.423. The molecular weight excluding hydrogens is 380 g/mol. The molecule has 0 fully saturated rings. The Morgan fingerprint density at radius 2 is 1.70 bits per heavy atom. The number of rotatable bonds is 9. The predicted octanol–water partition coefficient (Wildman–Crippen LogP) is 4.44. The fraction of sp³-hybridized carbons (Fsp3) is 0.167. The average molecular weight is 404 g/mol. The fourth-order valence-corrected chi connectivity index (χ4v) is 2.71. The van der Waals surface area contributed by atoms with Gasteiger partial charge in [-0.3, -0.25) is 4.79 Å². The molecule has 0 aromatic heterocycles. The van der Waals surface area contributed by atoms with Gasteiger partial charge in [-0.2, -0.15) is 5.10 Å². The van der Waals surface area contributed by atoms with Gasteiger partial charge >= 0.3 is 0 Å². The van der Waals surface area contributed by atoms with E-state index in [9.17, 15) is 4.79 Å². The van der Waals surface area contributed by atoms with Gasteiger partial charge in [0.05, 0.1) is 19.9 Å². The summed E-state index contributed by atoms with van der Waals surface area (Å²) in [4.78, 5) is 12.3. The number of amides is 1. The standard InChI is InChI=1S/C24H24N2O4/c1-3-29-23-14-13-22(28-2)15-20(23)16-25-26-24(27)19-9-11-21(12-10-19)30-17-18-7-5-4-6-8-18/h4-16H,3,17H2,1-2H3,(H,26,27)/b25-16-. The van der Waals surface area contributed by atoms with Crippen LogP contribution in [-0.4, -0.2) is 25.8 Å². The Hall–Kier alpha value is -3.80. The van der Waals surface area contributed by atoms with Crippen molar-refractivity contribution in [3.05, 3.63) is 89.5 Å². The number of nitrogens with one attached hydrogen (secondary N) is 1. The van der Waals surface area contributed by atoms with E-state index in [4.69, 9.17) is 14.2 Å². The second-order valence-corrected chi connectivity index (χ2v) is 6.33. The van der Waals surface area contributed by atoms with Crippen molar-refractivity contribution in [3.8, 4) is 17.2 Å². The summed E-state index contributed by atoms with van der Waals surface area (Å²) in [6.07, 6.45) is 1.53. The number of nitrogens with zero attached hydrogens (tertiary/aromatic N) is 1. The Bertz CT molecular complexity index is 986. The third-order valence-electron chi connectivity index (χ3n) is 4.25. The lowest BCUT2D eigenvalue weighted by Crippen LogP contribution is -2.17.